The molecule has 0 aliphatic carbocycles. The second-order valence-electron chi connectivity index (χ2n) is 5.96. The van der Waals surface area contributed by atoms with Gasteiger partial charge < -0.3 is 10.4 Å². The van der Waals surface area contributed by atoms with E-state index in [2.05, 4.69) is 36.3 Å². The van der Waals surface area contributed by atoms with Crippen molar-refractivity contribution < 1.29 is 14.7 Å². The first-order valence-corrected chi connectivity index (χ1v) is 8.26. The van der Waals surface area contributed by atoms with E-state index in [1.807, 2.05) is 18.2 Å². The molecule has 0 radical (unpaired) electrons. The van der Waals surface area contributed by atoms with Gasteiger partial charge in [0, 0.05) is 11.8 Å². The number of carboxylic acids is 1. The van der Waals surface area contributed by atoms with Crippen molar-refractivity contribution in [3.8, 4) is 0 Å². The summed E-state index contributed by atoms with van der Waals surface area (Å²) in [6.07, 6.45) is 1.15. The molecule has 0 bridgehead atoms. The van der Waals surface area contributed by atoms with E-state index in [1.54, 1.807) is 0 Å². The van der Waals surface area contributed by atoms with Crippen LogP contribution in [0.5, 0.6) is 0 Å². The number of hydrogen-bond acceptors (Lipinski definition) is 4. The molecule has 0 saturated carbocycles. The molecule has 0 fully saturated rings. The van der Waals surface area contributed by atoms with Crippen LogP contribution in [0, 0.1) is 0 Å². The Hall–Kier alpha value is -2.21. The maximum atomic E-state index is 12.0. The van der Waals surface area contributed by atoms with Gasteiger partial charge in [-0.3, -0.25) is 4.79 Å². The molecule has 0 atom stereocenters. The molecule has 122 valence electrons. The number of aromatic carboxylic acids is 1. The minimum Gasteiger partial charge on any atom is -0.476 e. The Morgan fingerprint density at radius 2 is 1.96 bits per heavy atom. The van der Waals surface area contributed by atoms with Gasteiger partial charge in [0.1, 0.15) is 5.01 Å². The highest BCUT2D eigenvalue weighted by molar-refractivity contribution is 7.09. The van der Waals surface area contributed by atoms with Crippen LogP contribution in [0.4, 0.5) is 0 Å². The van der Waals surface area contributed by atoms with Gasteiger partial charge >= 0.3 is 5.97 Å². The number of thiazole rings is 1. The van der Waals surface area contributed by atoms with Crippen molar-refractivity contribution in [3.05, 3.63) is 52.0 Å². The molecule has 1 heterocycles. The Morgan fingerprint density at radius 1 is 1.26 bits per heavy atom. The van der Waals surface area contributed by atoms with Crippen LogP contribution in [0.1, 0.15) is 47.7 Å². The predicted octanol–water partition coefficient (Wildman–Crippen LogP) is 3.22. The molecule has 5 nitrogen and oxygen atoms in total. The Bertz CT molecular complexity index is 680. The van der Waals surface area contributed by atoms with Crippen LogP contribution < -0.4 is 5.32 Å². The summed E-state index contributed by atoms with van der Waals surface area (Å²) in [5.41, 5.74) is 1.15. The van der Waals surface area contributed by atoms with Crippen LogP contribution in [0.2, 0.25) is 0 Å². The largest absolute Gasteiger partial charge is 0.476 e. The molecular weight excluding hydrogens is 312 g/mol. The van der Waals surface area contributed by atoms with Crippen molar-refractivity contribution >= 4 is 23.2 Å². The van der Waals surface area contributed by atoms with E-state index in [9.17, 15) is 9.59 Å². The zero-order chi connectivity index (χ0) is 16.9. The number of rotatable bonds is 7. The lowest BCUT2D eigenvalue weighted by Gasteiger charge is -2.25. The molecule has 2 N–H and O–H groups in total. The third-order valence-electron chi connectivity index (χ3n) is 3.74. The fourth-order valence-electron chi connectivity index (χ4n) is 2.21. The van der Waals surface area contributed by atoms with Crippen molar-refractivity contribution in [2.45, 2.75) is 38.6 Å². The summed E-state index contributed by atoms with van der Waals surface area (Å²) >= 11 is 1.23. The van der Waals surface area contributed by atoms with Crippen molar-refractivity contribution in [3.63, 3.8) is 0 Å². The van der Waals surface area contributed by atoms with Crippen LogP contribution in [0.15, 0.2) is 35.7 Å². The average Bonchev–Trinajstić information content (AvgIpc) is 3.01. The standard InChI is InChI=1S/C17H20N2O3S/c1-17(2,12-6-4-3-5-7-12)9-8-14(20)18-10-15-19-13(11-23-15)16(21)22/h3-7,11H,8-10H2,1-2H3,(H,18,20)(H,21,22). The van der Waals surface area contributed by atoms with Crippen molar-refractivity contribution in [1.82, 2.24) is 10.3 Å². The highest BCUT2D eigenvalue weighted by atomic mass is 32.1. The molecule has 0 unspecified atom stereocenters. The van der Waals surface area contributed by atoms with Crippen LogP contribution in [0.25, 0.3) is 0 Å². The highest BCUT2D eigenvalue weighted by Crippen LogP contribution is 2.27. The van der Waals surface area contributed by atoms with Gasteiger partial charge in [0.25, 0.3) is 0 Å². The summed E-state index contributed by atoms with van der Waals surface area (Å²) in [5, 5.41) is 13.7. The number of nitrogens with one attached hydrogen (secondary N) is 1. The quantitative estimate of drug-likeness (QED) is 0.816. The van der Waals surface area contributed by atoms with E-state index in [0.717, 1.165) is 6.42 Å². The molecule has 0 saturated heterocycles. The molecule has 1 aromatic heterocycles. The third-order valence-corrected chi connectivity index (χ3v) is 4.59. The maximum Gasteiger partial charge on any atom is 0.355 e. The summed E-state index contributed by atoms with van der Waals surface area (Å²) < 4.78 is 0. The number of benzene rings is 1. The number of amides is 1. The first-order valence-electron chi connectivity index (χ1n) is 7.38. The van der Waals surface area contributed by atoms with Gasteiger partial charge in [0.15, 0.2) is 5.69 Å². The normalized spacial score (nSPS) is 11.2. The van der Waals surface area contributed by atoms with Gasteiger partial charge in [0.2, 0.25) is 5.91 Å². The smallest absolute Gasteiger partial charge is 0.355 e. The minimum atomic E-state index is -1.05. The molecule has 0 aliphatic rings. The second kappa shape index (κ2) is 7.37. The summed E-state index contributed by atoms with van der Waals surface area (Å²) in [6, 6.07) is 10.1. The lowest BCUT2D eigenvalue weighted by Crippen LogP contribution is -2.26. The Labute approximate surface area is 139 Å². The Kier molecular flexibility index (Phi) is 5.50. The molecule has 2 rings (SSSR count). The van der Waals surface area contributed by atoms with Crippen molar-refractivity contribution in [2.24, 2.45) is 0 Å². The summed E-state index contributed by atoms with van der Waals surface area (Å²) in [6.45, 7) is 4.51. The SMILES string of the molecule is CC(C)(CCC(=O)NCc1nc(C(=O)O)cs1)c1ccccc1. The van der Waals surface area contributed by atoms with Gasteiger partial charge in [-0.15, -0.1) is 11.3 Å². The second-order valence-corrected chi connectivity index (χ2v) is 6.90. The monoisotopic (exact) mass is 332 g/mol. The zero-order valence-electron chi connectivity index (χ0n) is 13.2. The van der Waals surface area contributed by atoms with Crippen LogP contribution in [0.3, 0.4) is 0 Å². The number of carboxylic acid groups (broad SMARTS) is 1. The fourth-order valence-corrected chi connectivity index (χ4v) is 2.92. The maximum absolute atomic E-state index is 12.0. The summed E-state index contributed by atoms with van der Waals surface area (Å²) in [5.74, 6) is -1.11. The van der Waals surface area contributed by atoms with Crippen LogP contribution in [-0.4, -0.2) is 22.0 Å². The molecule has 1 amide bonds. The number of carbonyl (C=O) groups excluding carboxylic acids is 1. The molecular formula is C17H20N2O3S. The van der Waals surface area contributed by atoms with E-state index in [0.29, 0.717) is 11.4 Å². The van der Waals surface area contributed by atoms with E-state index in [1.165, 1.54) is 22.3 Å². The predicted molar refractivity (Wildman–Crippen MR) is 89.6 cm³/mol. The third kappa shape index (κ3) is 4.89. The Balaban J connectivity index is 1.81. The Morgan fingerprint density at radius 3 is 2.57 bits per heavy atom. The molecule has 0 aliphatic heterocycles. The highest BCUT2D eigenvalue weighted by Gasteiger charge is 2.21. The van der Waals surface area contributed by atoms with Gasteiger partial charge in [-0.1, -0.05) is 44.2 Å². The van der Waals surface area contributed by atoms with E-state index >= 15 is 0 Å². The number of nitrogens with zero attached hydrogens (tertiary/aromatic N) is 1. The van der Waals surface area contributed by atoms with Gasteiger partial charge in [-0.25, -0.2) is 9.78 Å². The van der Waals surface area contributed by atoms with E-state index < -0.39 is 5.97 Å². The van der Waals surface area contributed by atoms with Gasteiger partial charge in [-0.2, -0.15) is 0 Å². The van der Waals surface area contributed by atoms with Gasteiger partial charge in [-0.05, 0) is 17.4 Å². The van der Waals surface area contributed by atoms with E-state index in [-0.39, 0.29) is 23.6 Å². The molecule has 2 aromatic rings. The summed E-state index contributed by atoms with van der Waals surface area (Å²) in [7, 11) is 0. The van der Waals surface area contributed by atoms with Crippen molar-refractivity contribution in [2.75, 3.05) is 0 Å². The number of carbonyl (C=O) groups is 2. The average molecular weight is 332 g/mol. The first kappa shape index (κ1) is 17.1. The lowest BCUT2D eigenvalue weighted by atomic mass is 9.80. The molecule has 0 spiro atoms. The van der Waals surface area contributed by atoms with Gasteiger partial charge in [0.05, 0.1) is 6.54 Å². The molecule has 23 heavy (non-hydrogen) atoms. The number of hydrogen-bond donors (Lipinski definition) is 2. The molecule has 6 heteroatoms. The fraction of sp³-hybridized carbons (Fsp3) is 0.353. The molecule has 1 aromatic carbocycles. The first-order chi connectivity index (χ1) is 10.9. The van der Waals surface area contributed by atoms with Crippen LogP contribution >= 0.6 is 11.3 Å². The minimum absolute atomic E-state index is 0.0180. The summed E-state index contributed by atoms with van der Waals surface area (Å²) in [4.78, 5) is 26.7. The topological polar surface area (TPSA) is 79.3 Å². The number of aromatic nitrogens is 1. The lowest BCUT2D eigenvalue weighted by molar-refractivity contribution is -0.121. The van der Waals surface area contributed by atoms with Crippen LogP contribution in [-0.2, 0) is 16.8 Å². The van der Waals surface area contributed by atoms with Crippen molar-refractivity contribution in [1.29, 1.82) is 0 Å². The zero-order valence-corrected chi connectivity index (χ0v) is 14.0. The van der Waals surface area contributed by atoms with E-state index in [4.69, 9.17) is 5.11 Å².